The van der Waals surface area contributed by atoms with Gasteiger partial charge in [0.1, 0.15) is 0 Å². The Kier molecular flexibility index (Phi) is 2.26. The number of fused-ring (bicyclic) bond motifs is 1. The van der Waals surface area contributed by atoms with Crippen LogP contribution in [-0.2, 0) is 4.43 Å². The summed E-state index contributed by atoms with van der Waals surface area (Å²) in [6, 6.07) is 8.35. The van der Waals surface area contributed by atoms with Crippen molar-refractivity contribution in [3.05, 3.63) is 42.2 Å². The van der Waals surface area contributed by atoms with Gasteiger partial charge in [-0.25, -0.2) is 0 Å². The molecule has 0 atom stereocenters. The van der Waals surface area contributed by atoms with Gasteiger partial charge in [0, 0.05) is 22.2 Å². The van der Waals surface area contributed by atoms with Gasteiger partial charge in [-0.3, -0.25) is 4.98 Å². The van der Waals surface area contributed by atoms with Crippen molar-refractivity contribution in [3.63, 3.8) is 0 Å². The molecular formula is C10H8IN. The molecule has 0 saturated heterocycles. The number of nitrogens with zero attached hydrogens (tertiary/aromatic N) is 1. The lowest BCUT2D eigenvalue weighted by Crippen LogP contribution is -1.83. The maximum absolute atomic E-state index is 4.18. The van der Waals surface area contributed by atoms with E-state index in [0.717, 1.165) is 4.43 Å². The van der Waals surface area contributed by atoms with Crippen molar-refractivity contribution in [1.29, 1.82) is 0 Å². The average Bonchev–Trinajstić information content (AvgIpc) is 2.17. The third kappa shape index (κ3) is 1.31. The molecule has 0 aliphatic rings. The summed E-state index contributed by atoms with van der Waals surface area (Å²) in [4.78, 5) is 4.18. The van der Waals surface area contributed by atoms with Gasteiger partial charge in [0.25, 0.3) is 0 Å². The third-order valence-electron chi connectivity index (χ3n) is 1.89. The molecule has 1 nitrogen and oxygen atoms in total. The highest BCUT2D eigenvalue weighted by Gasteiger charge is 1.97. The predicted molar refractivity (Wildman–Crippen MR) is 59.5 cm³/mol. The zero-order valence-electron chi connectivity index (χ0n) is 6.50. The van der Waals surface area contributed by atoms with Crippen LogP contribution < -0.4 is 0 Å². The van der Waals surface area contributed by atoms with E-state index >= 15 is 0 Å². The summed E-state index contributed by atoms with van der Waals surface area (Å²) in [5.74, 6) is 0. The Hall–Kier alpha value is -0.640. The van der Waals surface area contributed by atoms with Crippen molar-refractivity contribution in [2.24, 2.45) is 0 Å². The molecule has 0 spiro atoms. The first kappa shape index (κ1) is 7.98. The van der Waals surface area contributed by atoms with E-state index in [1.165, 1.54) is 16.3 Å². The van der Waals surface area contributed by atoms with E-state index < -0.39 is 0 Å². The monoisotopic (exact) mass is 269 g/mol. The molecule has 0 fully saturated rings. The molecule has 1 heterocycles. The van der Waals surface area contributed by atoms with E-state index in [-0.39, 0.29) is 0 Å². The predicted octanol–water partition coefficient (Wildman–Crippen LogP) is 3.17. The van der Waals surface area contributed by atoms with Gasteiger partial charge >= 0.3 is 0 Å². The van der Waals surface area contributed by atoms with Gasteiger partial charge in [-0.1, -0.05) is 46.9 Å². The summed E-state index contributed by atoms with van der Waals surface area (Å²) in [5.41, 5.74) is 1.31. The number of pyridine rings is 1. The molecule has 0 saturated carbocycles. The Morgan fingerprint density at radius 3 is 2.83 bits per heavy atom. The Bertz CT molecular complexity index is 392. The fourth-order valence-electron chi connectivity index (χ4n) is 1.29. The fraction of sp³-hybridized carbons (Fsp3) is 0.100. The highest BCUT2D eigenvalue weighted by atomic mass is 127. The van der Waals surface area contributed by atoms with Crippen molar-refractivity contribution in [3.8, 4) is 0 Å². The lowest BCUT2D eigenvalue weighted by atomic mass is 10.1. The van der Waals surface area contributed by atoms with Crippen LogP contribution in [0.1, 0.15) is 5.56 Å². The van der Waals surface area contributed by atoms with Crippen molar-refractivity contribution >= 4 is 33.4 Å². The molecule has 60 valence electrons. The highest BCUT2D eigenvalue weighted by Crippen LogP contribution is 2.18. The number of hydrogen-bond acceptors (Lipinski definition) is 1. The number of aromatic nitrogens is 1. The zero-order valence-corrected chi connectivity index (χ0v) is 8.65. The van der Waals surface area contributed by atoms with Crippen LogP contribution in [0.3, 0.4) is 0 Å². The molecule has 0 bridgehead atoms. The summed E-state index contributed by atoms with van der Waals surface area (Å²) in [5, 5.41) is 2.55. The number of rotatable bonds is 1. The van der Waals surface area contributed by atoms with Gasteiger partial charge in [-0.05, 0) is 10.9 Å². The van der Waals surface area contributed by atoms with E-state index in [9.17, 15) is 0 Å². The quantitative estimate of drug-likeness (QED) is 0.572. The average molecular weight is 269 g/mol. The lowest BCUT2D eigenvalue weighted by Gasteiger charge is -2.00. The van der Waals surface area contributed by atoms with E-state index in [2.05, 4.69) is 45.8 Å². The molecule has 2 heteroatoms. The van der Waals surface area contributed by atoms with Crippen LogP contribution >= 0.6 is 22.6 Å². The Morgan fingerprint density at radius 1 is 1.17 bits per heavy atom. The molecule has 0 aliphatic heterocycles. The van der Waals surface area contributed by atoms with E-state index in [1.54, 1.807) is 0 Å². The molecule has 0 aliphatic carbocycles. The minimum absolute atomic E-state index is 1.02. The molecule has 0 amide bonds. The zero-order chi connectivity index (χ0) is 8.39. The molecule has 2 aromatic rings. The summed E-state index contributed by atoms with van der Waals surface area (Å²) >= 11 is 2.36. The van der Waals surface area contributed by atoms with Crippen LogP contribution in [0.4, 0.5) is 0 Å². The molecule has 0 unspecified atom stereocenters. The number of hydrogen-bond donors (Lipinski definition) is 0. The summed E-state index contributed by atoms with van der Waals surface area (Å²) in [6.45, 7) is 0. The van der Waals surface area contributed by atoms with Gasteiger partial charge in [0.15, 0.2) is 0 Å². The molecule has 1 aromatic carbocycles. The summed E-state index contributed by atoms with van der Waals surface area (Å²) in [6.07, 6.45) is 3.85. The van der Waals surface area contributed by atoms with Gasteiger partial charge < -0.3 is 0 Å². The topological polar surface area (TPSA) is 12.9 Å². The molecule has 1 aromatic heterocycles. The second-order valence-electron chi connectivity index (χ2n) is 2.65. The van der Waals surface area contributed by atoms with Crippen molar-refractivity contribution in [2.45, 2.75) is 4.43 Å². The normalized spacial score (nSPS) is 10.4. The largest absolute Gasteiger partial charge is 0.264 e. The third-order valence-corrected chi connectivity index (χ3v) is 2.72. The second kappa shape index (κ2) is 3.39. The Labute approximate surface area is 85.0 Å². The SMILES string of the molecule is ICc1cncc2ccccc12. The van der Waals surface area contributed by atoms with Gasteiger partial charge in [0.2, 0.25) is 0 Å². The minimum atomic E-state index is 1.02. The Morgan fingerprint density at radius 2 is 2.00 bits per heavy atom. The van der Waals surface area contributed by atoms with E-state index in [0.29, 0.717) is 0 Å². The van der Waals surface area contributed by atoms with Crippen LogP contribution in [0.2, 0.25) is 0 Å². The maximum Gasteiger partial charge on any atom is 0.0346 e. The van der Waals surface area contributed by atoms with Crippen molar-refractivity contribution in [2.75, 3.05) is 0 Å². The van der Waals surface area contributed by atoms with Crippen molar-refractivity contribution in [1.82, 2.24) is 4.98 Å². The summed E-state index contributed by atoms with van der Waals surface area (Å²) in [7, 11) is 0. The Balaban J connectivity index is 2.79. The van der Waals surface area contributed by atoms with Crippen LogP contribution in [0.25, 0.3) is 10.8 Å². The van der Waals surface area contributed by atoms with Crippen molar-refractivity contribution < 1.29 is 0 Å². The summed E-state index contributed by atoms with van der Waals surface area (Å²) < 4.78 is 1.02. The van der Waals surface area contributed by atoms with Crippen LogP contribution in [-0.4, -0.2) is 4.98 Å². The first-order valence-electron chi connectivity index (χ1n) is 3.79. The number of halogens is 1. The first-order chi connectivity index (χ1) is 5.92. The molecule has 2 rings (SSSR count). The van der Waals surface area contributed by atoms with Crippen LogP contribution in [0.15, 0.2) is 36.7 Å². The molecule has 0 radical (unpaired) electrons. The van der Waals surface area contributed by atoms with Crippen LogP contribution in [0.5, 0.6) is 0 Å². The van der Waals surface area contributed by atoms with Gasteiger partial charge in [-0.2, -0.15) is 0 Å². The molecular weight excluding hydrogens is 261 g/mol. The van der Waals surface area contributed by atoms with E-state index in [1.807, 2.05) is 18.5 Å². The maximum atomic E-state index is 4.18. The fourth-order valence-corrected chi connectivity index (χ4v) is 1.89. The lowest BCUT2D eigenvalue weighted by molar-refractivity contribution is 1.30. The number of benzene rings is 1. The van der Waals surface area contributed by atoms with Crippen LogP contribution in [0, 0.1) is 0 Å². The van der Waals surface area contributed by atoms with Gasteiger partial charge in [0.05, 0.1) is 0 Å². The minimum Gasteiger partial charge on any atom is -0.264 e. The second-order valence-corrected chi connectivity index (χ2v) is 3.42. The highest BCUT2D eigenvalue weighted by molar-refractivity contribution is 14.1. The number of alkyl halides is 1. The smallest absolute Gasteiger partial charge is 0.0346 e. The first-order valence-corrected chi connectivity index (χ1v) is 5.32. The molecule has 0 N–H and O–H groups in total. The van der Waals surface area contributed by atoms with Gasteiger partial charge in [-0.15, -0.1) is 0 Å². The van der Waals surface area contributed by atoms with E-state index in [4.69, 9.17) is 0 Å². The standard InChI is InChI=1S/C10H8IN/c11-5-9-7-12-6-8-3-1-2-4-10(8)9/h1-4,6-7H,5H2. The molecule has 12 heavy (non-hydrogen) atoms.